The third-order valence-electron chi connectivity index (χ3n) is 3.04. The number of para-hydroxylation sites is 1. The van der Waals surface area contributed by atoms with E-state index >= 15 is 0 Å². The molecule has 0 aliphatic carbocycles. The Hall–Kier alpha value is -1.89. The average Bonchev–Trinajstić information content (AvgIpc) is 2.81. The topological polar surface area (TPSA) is 20.3 Å². The summed E-state index contributed by atoms with van der Waals surface area (Å²) in [5, 5.41) is 0. The largest absolute Gasteiger partial charge is 0.283 e. The van der Waals surface area contributed by atoms with Crippen molar-refractivity contribution >= 4 is 16.7 Å². The minimum Gasteiger partial charge on any atom is -0.283 e. The lowest BCUT2D eigenvalue weighted by molar-refractivity contribution is 0.393. The molecule has 0 saturated carbocycles. The van der Waals surface area contributed by atoms with E-state index in [9.17, 15) is 21.8 Å². The van der Waals surface area contributed by atoms with Crippen molar-refractivity contribution in [3.63, 3.8) is 0 Å². The van der Waals surface area contributed by atoms with Crippen LogP contribution >= 0.6 is 0 Å². The summed E-state index contributed by atoms with van der Waals surface area (Å²) in [5.74, 6) is -6.92. The van der Waals surface area contributed by atoms with E-state index in [-0.39, 0.29) is 6.54 Å². The summed E-state index contributed by atoms with van der Waals surface area (Å²) in [6, 6.07) is 8.21. The summed E-state index contributed by atoms with van der Waals surface area (Å²) in [6.07, 6.45) is 0. The number of nitrogens with zero attached hydrogens (tertiary/aromatic N) is 1. The third kappa shape index (κ3) is 1.73. The number of rotatable bonds is 1. The fourth-order valence-electron chi connectivity index (χ4n) is 2.07. The molecule has 2 aromatic carbocycles. The molecule has 1 aliphatic heterocycles. The minimum absolute atomic E-state index is 0.286. The Morgan fingerprint density at radius 1 is 0.900 bits per heavy atom. The number of fused-ring (bicyclic) bond motifs is 1. The molecule has 0 amide bonds. The van der Waals surface area contributed by atoms with Gasteiger partial charge in [-0.25, -0.2) is 21.8 Å². The Labute approximate surface area is 114 Å². The van der Waals surface area contributed by atoms with Gasteiger partial charge in [0, 0.05) is 11.3 Å². The van der Waals surface area contributed by atoms with Crippen LogP contribution in [0.4, 0.5) is 23.2 Å². The molecule has 0 bridgehead atoms. The highest BCUT2D eigenvalue weighted by Crippen LogP contribution is 2.36. The summed E-state index contributed by atoms with van der Waals surface area (Å²) in [4.78, 5) is -0.634. The van der Waals surface area contributed by atoms with Gasteiger partial charge in [-0.15, -0.1) is 0 Å². The first-order valence-corrected chi connectivity index (χ1v) is 6.72. The maximum Gasteiger partial charge on any atom is 0.198 e. The van der Waals surface area contributed by atoms with Crippen LogP contribution in [0.15, 0.2) is 35.2 Å². The monoisotopic (exact) mass is 301 g/mol. The van der Waals surface area contributed by atoms with E-state index in [0.717, 1.165) is 0 Å². The summed E-state index contributed by atoms with van der Waals surface area (Å²) in [7, 11) is -2.12. The lowest BCUT2D eigenvalue weighted by atomic mass is 10.1. The highest BCUT2D eigenvalue weighted by atomic mass is 32.2. The van der Waals surface area contributed by atoms with Gasteiger partial charge in [-0.2, -0.15) is 0 Å². The van der Waals surface area contributed by atoms with Crippen LogP contribution in [0.2, 0.25) is 0 Å². The average molecular weight is 301 g/mol. The maximum absolute atomic E-state index is 13.7. The van der Waals surface area contributed by atoms with Crippen molar-refractivity contribution in [3.8, 4) is 0 Å². The first-order chi connectivity index (χ1) is 9.52. The molecule has 0 saturated heterocycles. The Bertz CT molecular complexity index is 720. The van der Waals surface area contributed by atoms with Crippen LogP contribution in [0.3, 0.4) is 0 Å². The number of benzene rings is 2. The van der Waals surface area contributed by atoms with Gasteiger partial charge in [-0.1, -0.05) is 18.2 Å². The molecule has 0 N–H and O–H groups in total. The summed E-state index contributed by atoms with van der Waals surface area (Å²) >= 11 is 0. The molecule has 0 fully saturated rings. The van der Waals surface area contributed by atoms with Gasteiger partial charge in [-0.3, -0.25) is 4.31 Å². The first kappa shape index (κ1) is 13.1. The van der Waals surface area contributed by atoms with Crippen molar-refractivity contribution < 1.29 is 21.8 Å². The lowest BCUT2D eigenvalue weighted by Crippen LogP contribution is -2.18. The predicted molar refractivity (Wildman–Crippen MR) is 65.3 cm³/mol. The van der Waals surface area contributed by atoms with Crippen molar-refractivity contribution in [1.29, 1.82) is 0 Å². The molecule has 0 radical (unpaired) electrons. The first-order valence-electron chi connectivity index (χ1n) is 5.61. The van der Waals surface area contributed by atoms with Gasteiger partial charge in [0.2, 0.25) is 0 Å². The molecule has 2 aromatic rings. The van der Waals surface area contributed by atoms with Crippen molar-refractivity contribution in [2.24, 2.45) is 0 Å². The smallest absolute Gasteiger partial charge is 0.198 e. The standard InChI is InChI=1S/C13H7F4NOS/c14-9-8-6-18(7-4-2-1-3-5-7)20(19)13(8)12(17)11(16)10(9)15/h1-5H,6H2. The second kappa shape index (κ2) is 4.59. The number of hydrogen-bond donors (Lipinski definition) is 0. The third-order valence-corrected chi connectivity index (χ3v) is 4.55. The molecular weight excluding hydrogens is 294 g/mol. The van der Waals surface area contributed by atoms with Crippen LogP contribution < -0.4 is 4.31 Å². The van der Waals surface area contributed by atoms with Gasteiger partial charge in [0.05, 0.1) is 6.54 Å². The maximum atomic E-state index is 13.7. The molecule has 7 heteroatoms. The van der Waals surface area contributed by atoms with Gasteiger partial charge in [0.25, 0.3) is 0 Å². The summed E-state index contributed by atoms with van der Waals surface area (Å²) in [6.45, 7) is -0.286. The van der Waals surface area contributed by atoms with Crippen LogP contribution in [0.25, 0.3) is 0 Å². The molecule has 20 heavy (non-hydrogen) atoms. The number of hydrogen-bond acceptors (Lipinski definition) is 1. The lowest BCUT2D eigenvalue weighted by Gasteiger charge is -2.15. The zero-order valence-corrected chi connectivity index (χ0v) is 10.7. The van der Waals surface area contributed by atoms with E-state index in [2.05, 4.69) is 0 Å². The second-order valence-corrected chi connectivity index (χ2v) is 5.53. The molecule has 0 spiro atoms. The molecule has 2 nitrogen and oxygen atoms in total. The molecule has 3 rings (SSSR count). The van der Waals surface area contributed by atoms with Gasteiger partial charge in [-0.05, 0) is 12.1 Å². The second-order valence-electron chi connectivity index (χ2n) is 4.18. The number of anilines is 1. The molecule has 1 heterocycles. The summed E-state index contributed by atoms with van der Waals surface area (Å²) < 4.78 is 67.1. The molecule has 1 aliphatic rings. The molecule has 1 atom stereocenters. The van der Waals surface area contributed by atoms with Crippen molar-refractivity contribution in [3.05, 3.63) is 59.2 Å². The molecular formula is C13H7F4NOS. The minimum atomic E-state index is -2.12. The van der Waals surface area contributed by atoms with E-state index in [4.69, 9.17) is 0 Å². The van der Waals surface area contributed by atoms with Gasteiger partial charge >= 0.3 is 0 Å². The van der Waals surface area contributed by atoms with E-state index < -0.39 is 44.7 Å². The van der Waals surface area contributed by atoms with Gasteiger partial charge in [0.15, 0.2) is 34.3 Å². The Balaban J connectivity index is 2.17. The van der Waals surface area contributed by atoms with Crippen LogP contribution in [-0.2, 0) is 17.5 Å². The van der Waals surface area contributed by atoms with E-state index in [1.54, 1.807) is 30.3 Å². The Morgan fingerprint density at radius 2 is 1.50 bits per heavy atom. The molecule has 1 unspecified atom stereocenters. The van der Waals surface area contributed by atoms with Crippen molar-refractivity contribution in [2.75, 3.05) is 4.31 Å². The highest BCUT2D eigenvalue weighted by molar-refractivity contribution is 7.86. The van der Waals surface area contributed by atoms with Gasteiger partial charge in [0.1, 0.15) is 4.90 Å². The van der Waals surface area contributed by atoms with E-state index in [1.807, 2.05) is 0 Å². The number of halogens is 4. The Morgan fingerprint density at radius 3 is 2.15 bits per heavy atom. The van der Waals surface area contributed by atoms with Crippen LogP contribution in [0, 0.1) is 23.3 Å². The zero-order chi connectivity index (χ0) is 14.4. The Kier molecular flexibility index (Phi) is 3.01. The van der Waals surface area contributed by atoms with Crippen molar-refractivity contribution in [1.82, 2.24) is 0 Å². The SMILES string of the molecule is O=S1c2c(F)c(F)c(F)c(F)c2CN1c1ccccc1. The molecule has 0 aromatic heterocycles. The molecule has 104 valence electrons. The van der Waals surface area contributed by atoms with Crippen LogP contribution in [-0.4, -0.2) is 4.21 Å². The van der Waals surface area contributed by atoms with Gasteiger partial charge < -0.3 is 0 Å². The fraction of sp³-hybridized carbons (Fsp3) is 0.0769. The zero-order valence-electron chi connectivity index (χ0n) is 9.87. The van der Waals surface area contributed by atoms with E-state index in [1.165, 1.54) is 4.31 Å². The predicted octanol–water partition coefficient (Wildman–Crippen LogP) is 3.29. The highest BCUT2D eigenvalue weighted by Gasteiger charge is 2.37. The van der Waals surface area contributed by atoms with E-state index in [0.29, 0.717) is 5.69 Å². The normalized spacial score (nSPS) is 17.4. The fourth-order valence-corrected chi connectivity index (χ4v) is 3.46. The summed E-state index contributed by atoms with van der Waals surface area (Å²) in [5.41, 5.74) is 0.0326. The van der Waals surface area contributed by atoms with Crippen LogP contribution in [0.5, 0.6) is 0 Å². The van der Waals surface area contributed by atoms with Crippen molar-refractivity contribution in [2.45, 2.75) is 11.4 Å². The van der Waals surface area contributed by atoms with Crippen LogP contribution in [0.1, 0.15) is 5.56 Å². The quantitative estimate of drug-likeness (QED) is 0.450.